The third-order valence-corrected chi connectivity index (χ3v) is 17.6. The van der Waals surface area contributed by atoms with E-state index in [9.17, 15) is 81.2 Å². The molecule has 3 aliphatic carbocycles. The number of pyridine rings is 1. The monoisotopic (exact) mass is 1290 g/mol. The summed E-state index contributed by atoms with van der Waals surface area (Å²) in [5.74, 6) is -8.22. The zero-order chi connectivity index (χ0) is 62.9. The molecular formula is C49H45ClF10N8O14PS2-. The molecule has 460 valence electrons. The van der Waals surface area contributed by atoms with E-state index in [4.69, 9.17) is 21.4 Å². The molecule has 4 N–H and O–H groups in total. The summed E-state index contributed by atoms with van der Waals surface area (Å²) in [4.78, 5) is 75.6. The van der Waals surface area contributed by atoms with E-state index in [0.29, 0.717) is 15.6 Å². The number of amides is 3. The summed E-state index contributed by atoms with van der Waals surface area (Å²) in [5.41, 5.74) is -8.07. The maximum absolute atomic E-state index is 15.7. The number of fused-ring (bicyclic) bond motifs is 4. The molecule has 85 heavy (non-hydrogen) atoms. The van der Waals surface area contributed by atoms with Crippen molar-refractivity contribution in [3.05, 3.63) is 98.7 Å². The average molecular weight is 1290 g/mol. The maximum atomic E-state index is 15.7. The first-order chi connectivity index (χ1) is 39.2. The summed E-state index contributed by atoms with van der Waals surface area (Å²) < 4.78 is 218. The quantitative estimate of drug-likeness (QED) is 0.0186. The van der Waals surface area contributed by atoms with E-state index in [1.165, 1.54) is 13.8 Å². The van der Waals surface area contributed by atoms with Gasteiger partial charge < -0.3 is 29.5 Å². The molecule has 2 unspecified atom stereocenters. The number of sulfone groups is 1. The highest BCUT2D eigenvalue weighted by atomic mass is 35.5. The van der Waals surface area contributed by atoms with E-state index >= 15 is 8.78 Å². The minimum Gasteiger partial charge on any atom is -0.755 e. The predicted octanol–water partition coefficient (Wildman–Crippen LogP) is 7.17. The second-order valence-corrected chi connectivity index (χ2v) is 25.9. The second kappa shape index (κ2) is 23.2. The fourth-order valence-electron chi connectivity index (χ4n) is 9.79. The van der Waals surface area contributed by atoms with Gasteiger partial charge in [-0.25, -0.2) is 36.1 Å². The summed E-state index contributed by atoms with van der Waals surface area (Å²) in [6.45, 7) is -5.15. The number of alkyl halides is 8. The number of phosphoric ester groups is 1. The lowest BCUT2D eigenvalue weighted by atomic mass is 9.93. The highest BCUT2D eigenvalue weighted by Crippen LogP contribution is 2.68. The largest absolute Gasteiger partial charge is 0.755 e. The number of hydrogen-bond donors (Lipinski definition) is 4. The molecule has 3 amide bonds. The Kier molecular flexibility index (Phi) is 17.5. The number of benzene rings is 2. The number of carboxylic acid groups (broad SMARTS) is 1. The molecule has 5 aromatic rings. The molecule has 0 aliphatic heterocycles. The maximum Gasteiger partial charge on any atom is 0.472 e. The van der Waals surface area contributed by atoms with Crippen molar-refractivity contribution in [2.45, 2.75) is 101 Å². The number of hydrogen-bond acceptors (Lipinski definition) is 14. The number of nitrogens with zero attached hydrogens (tertiary/aromatic N) is 7. The number of carbonyl (C=O) groups excluding carboxylic acids is 3. The van der Waals surface area contributed by atoms with Crippen LogP contribution in [0.2, 0.25) is 5.02 Å². The van der Waals surface area contributed by atoms with Crippen molar-refractivity contribution in [1.29, 1.82) is 0 Å². The summed E-state index contributed by atoms with van der Waals surface area (Å²) in [5, 5.41) is 18.4. The van der Waals surface area contributed by atoms with Gasteiger partial charge in [-0.05, 0) is 92.7 Å². The number of halogens is 11. The van der Waals surface area contributed by atoms with Crippen LogP contribution in [-0.4, -0.2) is 127 Å². The van der Waals surface area contributed by atoms with Crippen molar-refractivity contribution in [3.8, 4) is 23.0 Å². The lowest BCUT2D eigenvalue weighted by Gasteiger charge is -2.29. The van der Waals surface area contributed by atoms with E-state index < -0.39 is 207 Å². The number of phosphoric acid groups is 1. The molecule has 3 heterocycles. The Morgan fingerprint density at radius 1 is 1.01 bits per heavy atom. The molecule has 22 nitrogen and oxygen atoms in total. The Hall–Kier alpha value is -6.73. The SMILES string of the molecule is CC(C)(C#Cc1ccc(-c2ccc(Cl)c3c(CN(C(=O)CC4(CN(CC(=O)O)C(=O)OCOP(=O)(O)O)CC4)S(=O)[O-])nn(CC(F)(F)F)c23)c(C(Cc2cc(F)cc(F)c2)NC(=O)Cn2nc(C(F)(F)F)c3c2C(F)(F)[C@@H]2C[C@H]32)n1)S(C)(=O)=O. The van der Waals surface area contributed by atoms with Crippen molar-refractivity contribution in [2.24, 2.45) is 11.3 Å². The number of carbonyl (C=O) groups is 4. The number of ether oxygens (including phenoxy) is 1. The Labute approximate surface area is 481 Å². The normalized spacial score (nSPS) is 17.7. The van der Waals surface area contributed by atoms with Gasteiger partial charge in [0.15, 0.2) is 15.5 Å². The van der Waals surface area contributed by atoms with Gasteiger partial charge in [0.1, 0.15) is 47.4 Å². The van der Waals surface area contributed by atoms with Gasteiger partial charge in [0.05, 0.1) is 45.8 Å². The van der Waals surface area contributed by atoms with E-state index in [1.807, 2.05) is 0 Å². The first-order valence-electron chi connectivity index (χ1n) is 24.7. The van der Waals surface area contributed by atoms with E-state index in [1.54, 1.807) is 0 Å². The first-order valence-corrected chi connectivity index (χ1v) is 29.5. The Morgan fingerprint density at radius 2 is 1.66 bits per heavy atom. The summed E-state index contributed by atoms with van der Waals surface area (Å²) >= 11 is 3.11. The van der Waals surface area contributed by atoms with Crippen molar-refractivity contribution in [1.82, 2.24) is 39.1 Å². The van der Waals surface area contributed by atoms with Crippen LogP contribution >= 0.6 is 19.4 Å². The molecule has 0 saturated heterocycles. The Bertz CT molecular complexity index is 3790. The van der Waals surface area contributed by atoms with Crippen LogP contribution in [0.5, 0.6) is 0 Å². The zero-order valence-electron chi connectivity index (χ0n) is 43.9. The number of aromatic nitrogens is 5. The lowest BCUT2D eigenvalue weighted by Crippen LogP contribution is -2.42. The van der Waals surface area contributed by atoms with Crippen LogP contribution in [0.3, 0.4) is 0 Å². The zero-order valence-corrected chi connectivity index (χ0v) is 47.2. The third-order valence-electron chi connectivity index (χ3n) is 14.1. The average Bonchev–Trinajstić information content (AvgIpc) is 1.53. The topological polar surface area (TPSA) is 306 Å². The molecule has 8 rings (SSSR count). The fraction of sp³-hybridized carbons (Fsp3) is 0.449. The molecule has 0 spiro atoms. The van der Waals surface area contributed by atoms with Gasteiger partial charge in [-0.2, -0.15) is 45.3 Å². The second-order valence-electron chi connectivity index (χ2n) is 20.9. The number of rotatable bonds is 21. The van der Waals surface area contributed by atoms with Gasteiger partial charge in [-0.1, -0.05) is 23.6 Å². The van der Waals surface area contributed by atoms with E-state index in [-0.39, 0.29) is 50.6 Å². The highest BCUT2D eigenvalue weighted by molar-refractivity contribution is 7.92. The van der Waals surface area contributed by atoms with Crippen molar-refractivity contribution >= 4 is 75.3 Å². The van der Waals surface area contributed by atoms with E-state index in [0.717, 1.165) is 42.7 Å². The lowest BCUT2D eigenvalue weighted by molar-refractivity contribution is -0.143. The fourth-order valence-corrected chi connectivity index (χ4v) is 10.9. The minimum absolute atomic E-state index is 0.0472. The first kappa shape index (κ1) is 64.3. The van der Waals surface area contributed by atoms with Gasteiger partial charge in [0, 0.05) is 53.3 Å². The molecule has 3 aliphatic rings. The Balaban J connectivity index is 1.24. The molecular weight excluding hydrogens is 1250 g/mol. The predicted molar refractivity (Wildman–Crippen MR) is 272 cm³/mol. The van der Waals surface area contributed by atoms with Crippen LogP contribution in [0.25, 0.3) is 22.0 Å². The van der Waals surface area contributed by atoms with Crippen LogP contribution in [0, 0.1) is 34.8 Å². The highest BCUT2D eigenvalue weighted by Gasteiger charge is 2.68. The van der Waals surface area contributed by atoms with Gasteiger partial charge in [-0.3, -0.25) is 37.2 Å². The van der Waals surface area contributed by atoms with Crippen molar-refractivity contribution < 1.29 is 109 Å². The summed E-state index contributed by atoms with van der Waals surface area (Å²) in [6.07, 6.45) is -12.8. The molecule has 2 aromatic carbocycles. The van der Waals surface area contributed by atoms with Gasteiger partial charge in [0.2, 0.25) is 18.6 Å². The minimum atomic E-state index is -5.26. The molecule has 2 fully saturated rings. The van der Waals surface area contributed by atoms with Crippen molar-refractivity contribution in [2.75, 3.05) is 26.1 Å². The number of carboxylic acids is 1. The molecule has 36 heteroatoms. The van der Waals surface area contributed by atoms with Gasteiger partial charge >= 0.3 is 32.2 Å². The van der Waals surface area contributed by atoms with Crippen molar-refractivity contribution in [3.63, 3.8) is 0 Å². The van der Waals surface area contributed by atoms with Crippen LogP contribution in [0.15, 0.2) is 42.5 Å². The summed E-state index contributed by atoms with van der Waals surface area (Å²) in [7, 11) is -9.13. The molecule has 3 aromatic heterocycles. The van der Waals surface area contributed by atoms with Gasteiger partial charge in [-0.15, -0.1) is 0 Å². The smallest absolute Gasteiger partial charge is 0.472 e. The molecule has 0 radical (unpaired) electrons. The summed E-state index contributed by atoms with van der Waals surface area (Å²) in [6, 6.07) is 4.60. The van der Waals surface area contributed by atoms with E-state index in [2.05, 4.69) is 41.6 Å². The number of nitrogens with one attached hydrogen (secondary N) is 1. The van der Waals surface area contributed by atoms with Gasteiger partial charge in [0.25, 0.3) is 5.92 Å². The molecule has 0 bridgehead atoms. The molecule has 4 atom stereocenters. The number of aliphatic carboxylic acids is 1. The molecule has 2 saturated carbocycles. The Morgan fingerprint density at radius 3 is 2.24 bits per heavy atom. The third kappa shape index (κ3) is 14.6. The van der Waals surface area contributed by atoms with Crippen LogP contribution in [0.4, 0.5) is 48.7 Å². The van der Waals surface area contributed by atoms with Crippen LogP contribution < -0.4 is 5.32 Å². The van der Waals surface area contributed by atoms with Crippen LogP contribution in [0.1, 0.15) is 91.1 Å². The van der Waals surface area contributed by atoms with Crippen LogP contribution in [-0.2, 0) is 87.5 Å². The standard InChI is InChI=1S/C49H46ClF10N8O14PS2/c1-45(2,85(3,79)80)9-8-27-4-5-28(40(61-27)33(14-24-12-25(51)15-26(52)13-24)62-35(69)19-66-43-38(42(64-66)49(58,59)60)30-16-31(30)48(43,56)57)29-6-7-32(50)39-34(63-67(41(29)39)22-47(53,54)55)18-68(84(77)78)36(70)17-46(10-11-46)21-65(20-37(71)72)44(73)81-23-82-83(74,75)76/h4-7,12-13,15,30-31,33H,10-11,14,16-23H2,1-3H3,(H,62,69)(H,71,72)(H,77,78)(H2,74,75,76)/p-1/t30-,31+,33?/m0/s1.